The van der Waals surface area contributed by atoms with E-state index in [0.29, 0.717) is 17.8 Å². The van der Waals surface area contributed by atoms with Crippen LogP contribution in [0.5, 0.6) is 0 Å². The van der Waals surface area contributed by atoms with Crippen LogP contribution in [0.2, 0.25) is 18.1 Å². The molecule has 0 aromatic carbocycles. The molecule has 148 valence electrons. The van der Waals surface area contributed by atoms with Crippen LogP contribution < -0.4 is 0 Å². The van der Waals surface area contributed by atoms with Gasteiger partial charge in [-0.15, -0.1) is 0 Å². The molecule has 0 amide bonds. The molecule has 4 fully saturated rings. The number of ether oxygens (including phenoxy) is 1. The molecule has 0 aromatic rings. The number of esters is 1. The molecule has 1 heterocycles. The standard InChI is InChI=1S/C21H35IO3Si/c1-13(22)10-9-11-21-15-14(12-24-26(7,8)19(2,3)4)16(21)20(5,6)17(15)25-18(21)23/h10,14-17H,9,11-12H2,1-8H3/b13-10-/t14?,15-,16+,17-,21?/m0/s1. The van der Waals surface area contributed by atoms with Gasteiger partial charge < -0.3 is 9.16 Å². The second kappa shape index (κ2) is 6.31. The summed E-state index contributed by atoms with van der Waals surface area (Å²) in [5.74, 6) is 1.29. The van der Waals surface area contributed by atoms with Crippen LogP contribution in [0.4, 0.5) is 0 Å². The lowest BCUT2D eigenvalue weighted by Crippen LogP contribution is -2.58. The van der Waals surface area contributed by atoms with E-state index in [1.807, 2.05) is 0 Å². The van der Waals surface area contributed by atoms with E-state index in [1.54, 1.807) is 0 Å². The predicted octanol–water partition coefficient (Wildman–Crippen LogP) is 5.94. The third kappa shape index (κ3) is 2.78. The van der Waals surface area contributed by atoms with Gasteiger partial charge in [0, 0.05) is 17.9 Å². The highest BCUT2D eigenvalue weighted by Crippen LogP contribution is 2.79. The Morgan fingerprint density at radius 3 is 2.46 bits per heavy atom. The van der Waals surface area contributed by atoms with E-state index in [4.69, 9.17) is 9.16 Å². The number of halogens is 1. The van der Waals surface area contributed by atoms with E-state index in [9.17, 15) is 4.79 Å². The molecule has 0 N–H and O–H groups in total. The lowest BCUT2D eigenvalue weighted by Gasteiger charge is -2.54. The van der Waals surface area contributed by atoms with Gasteiger partial charge >= 0.3 is 5.97 Å². The van der Waals surface area contributed by atoms with Crippen molar-refractivity contribution in [2.75, 3.05) is 6.61 Å². The Kier molecular flexibility index (Phi) is 5.06. The highest BCUT2D eigenvalue weighted by Gasteiger charge is 2.84. The molecule has 0 radical (unpaired) electrons. The number of rotatable bonds is 6. The largest absolute Gasteiger partial charge is 0.461 e. The van der Waals surface area contributed by atoms with E-state index < -0.39 is 8.32 Å². The first-order valence-corrected chi connectivity index (χ1v) is 13.9. The van der Waals surface area contributed by atoms with Gasteiger partial charge in [0.2, 0.25) is 0 Å². The molecular formula is C21H35IO3Si. The first-order chi connectivity index (χ1) is 11.8. The Morgan fingerprint density at radius 2 is 1.96 bits per heavy atom. The van der Waals surface area contributed by atoms with Crippen molar-refractivity contribution in [3.63, 3.8) is 0 Å². The van der Waals surface area contributed by atoms with E-state index >= 15 is 0 Å². The first-order valence-electron chi connectivity index (χ1n) is 9.94. The zero-order chi connectivity index (χ0) is 19.7. The average molecular weight is 490 g/mol. The summed E-state index contributed by atoms with van der Waals surface area (Å²) >= 11 is 2.35. The predicted molar refractivity (Wildman–Crippen MR) is 117 cm³/mol. The lowest BCUT2D eigenvalue weighted by atomic mass is 9.48. The summed E-state index contributed by atoms with van der Waals surface area (Å²) in [6.45, 7) is 19.0. The molecule has 4 aliphatic rings. The van der Waals surface area contributed by atoms with Crippen LogP contribution in [0.15, 0.2) is 9.66 Å². The fraction of sp³-hybridized carbons (Fsp3) is 0.857. The number of carbonyl (C=O) groups is 1. The maximum absolute atomic E-state index is 12.8. The highest BCUT2D eigenvalue weighted by atomic mass is 127. The lowest BCUT2D eigenvalue weighted by molar-refractivity contribution is -0.181. The maximum atomic E-state index is 12.8. The van der Waals surface area contributed by atoms with Crippen molar-refractivity contribution in [2.24, 2.45) is 28.6 Å². The molecule has 0 aromatic heterocycles. The molecular weight excluding hydrogens is 455 g/mol. The molecule has 3 aliphatic carbocycles. The molecule has 4 bridgehead atoms. The topological polar surface area (TPSA) is 35.5 Å². The summed E-state index contributed by atoms with van der Waals surface area (Å²) in [6.07, 6.45) is 4.23. The van der Waals surface area contributed by atoms with Crippen molar-refractivity contribution in [1.82, 2.24) is 0 Å². The normalized spacial score (nSPS) is 38.3. The summed E-state index contributed by atoms with van der Waals surface area (Å²) < 4.78 is 13.8. The summed E-state index contributed by atoms with van der Waals surface area (Å²) in [5.41, 5.74) is -0.179. The average Bonchev–Trinajstić information content (AvgIpc) is 2.89. The quantitative estimate of drug-likeness (QED) is 0.263. The van der Waals surface area contributed by atoms with Crippen LogP contribution in [0.25, 0.3) is 0 Å². The molecule has 5 heteroatoms. The van der Waals surface area contributed by atoms with E-state index in [2.05, 4.69) is 83.3 Å². The molecule has 2 unspecified atom stereocenters. The van der Waals surface area contributed by atoms with Crippen LogP contribution in [0.3, 0.4) is 0 Å². The number of carbonyl (C=O) groups excluding carboxylic acids is 1. The second-order valence-corrected chi connectivity index (χ2v) is 17.3. The van der Waals surface area contributed by atoms with Crippen molar-refractivity contribution in [1.29, 1.82) is 0 Å². The van der Waals surface area contributed by atoms with Gasteiger partial charge in [0.05, 0.1) is 5.41 Å². The van der Waals surface area contributed by atoms with Crippen molar-refractivity contribution in [2.45, 2.75) is 78.6 Å². The minimum atomic E-state index is -1.77. The van der Waals surface area contributed by atoms with Gasteiger partial charge in [0.15, 0.2) is 8.32 Å². The van der Waals surface area contributed by atoms with E-state index in [1.165, 1.54) is 3.58 Å². The van der Waals surface area contributed by atoms with Crippen molar-refractivity contribution < 1.29 is 14.0 Å². The van der Waals surface area contributed by atoms with Gasteiger partial charge in [-0.2, -0.15) is 0 Å². The Hall–Kier alpha value is 0.117. The Morgan fingerprint density at radius 1 is 1.35 bits per heavy atom. The Bertz CT molecular complexity index is 630. The minimum absolute atomic E-state index is 0.0694. The van der Waals surface area contributed by atoms with Crippen molar-refractivity contribution >= 4 is 36.9 Å². The van der Waals surface area contributed by atoms with Crippen molar-refractivity contribution in [3.8, 4) is 0 Å². The van der Waals surface area contributed by atoms with Crippen LogP contribution in [0.1, 0.15) is 54.4 Å². The van der Waals surface area contributed by atoms with E-state index in [-0.39, 0.29) is 27.9 Å². The van der Waals surface area contributed by atoms with Gasteiger partial charge in [-0.05, 0) is 75.9 Å². The van der Waals surface area contributed by atoms with Gasteiger partial charge in [0.25, 0.3) is 0 Å². The zero-order valence-corrected chi connectivity index (χ0v) is 20.8. The summed E-state index contributed by atoms with van der Waals surface area (Å²) in [4.78, 5) is 12.8. The number of allylic oxidation sites excluding steroid dienone is 2. The molecule has 0 spiro atoms. The molecule has 1 saturated heterocycles. The van der Waals surface area contributed by atoms with Crippen LogP contribution >= 0.6 is 22.6 Å². The Labute approximate surface area is 173 Å². The molecule has 3 nitrogen and oxygen atoms in total. The van der Waals surface area contributed by atoms with Crippen molar-refractivity contribution in [3.05, 3.63) is 9.66 Å². The Balaban J connectivity index is 1.79. The first kappa shape index (κ1) is 20.8. The van der Waals surface area contributed by atoms with Gasteiger partial charge in [0.1, 0.15) is 6.10 Å². The van der Waals surface area contributed by atoms with E-state index in [0.717, 1.165) is 19.4 Å². The molecule has 4 rings (SSSR count). The molecule has 1 aliphatic heterocycles. The molecule has 5 atom stereocenters. The third-order valence-corrected chi connectivity index (χ3v) is 12.9. The third-order valence-electron chi connectivity index (χ3n) is 7.94. The number of hydrogen-bond acceptors (Lipinski definition) is 3. The highest BCUT2D eigenvalue weighted by molar-refractivity contribution is 14.1. The fourth-order valence-electron chi connectivity index (χ4n) is 5.78. The smallest absolute Gasteiger partial charge is 0.313 e. The van der Waals surface area contributed by atoms with Gasteiger partial charge in [-0.1, -0.05) is 40.7 Å². The monoisotopic (exact) mass is 490 g/mol. The van der Waals surface area contributed by atoms with Crippen LogP contribution in [-0.4, -0.2) is 27.0 Å². The summed E-state index contributed by atoms with van der Waals surface area (Å²) in [6, 6.07) is 0. The summed E-state index contributed by atoms with van der Waals surface area (Å²) in [5, 5.41) is 0.219. The SMILES string of the molecule is C/C(I)=C/CCC12C(=O)O[C@H]3[C@@H]1C(CO[Si](C)(C)C(C)(C)C)[C@@H]2C3(C)C. The molecule has 3 saturated carbocycles. The molecule has 26 heavy (non-hydrogen) atoms. The van der Waals surface area contributed by atoms with Gasteiger partial charge in [-0.3, -0.25) is 4.79 Å². The fourth-order valence-corrected chi connectivity index (χ4v) is 7.13. The summed E-state index contributed by atoms with van der Waals surface area (Å²) in [7, 11) is -1.77. The second-order valence-electron chi connectivity index (χ2n) is 10.8. The minimum Gasteiger partial charge on any atom is -0.461 e. The van der Waals surface area contributed by atoms with Crippen LogP contribution in [0, 0.1) is 28.6 Å². The van der Waals surface area contributed by atoms with Crippen LogP contribution in [-0.2, 0) is 14.0 Å². The van der Waals surface area contributed by atoms with Gasteiger partial charge in [-0.25, -0.2) is 0 Å². The number of hydrogen-bond donors (Lipinski definition) is 0. The maximum Gasteiger partial charge on any atom is 0.313 e. The zero-order valence-electron chi connectivity index (χ0n) is 17.6.